The van der Waals surface area contributed by atoms with Crippen LogP contribution in [0.2, 0.25) is 0 Å². The van der Waals surface area contributed by atoms with Crippen molar-refractivity contribution in [3.63, 3.8) is 0 Å². The van der Waals surface area contributed by atoms with E-state index in [9.17, 15) is 104 Å². The van der Waals surface area contributed by atoms with Gasteiger partial charge in [0.25, 0.3) is 0 Å². The smallest absolute Gasteiger partial charge is 0.222 e. The molecule has 0 radical (unpaired) electrons. The van der Waals surface area contributed by atoms with E-state index in [0.29, 0.717) is 90.1 Å². The lowest BCUT2D eigenvalue weighted by molar-refractivity contribution is -0.301. The molecule has 0 aliphatic carbocycles. The van der Waals surface area contributed by atoms with Crippen molar-refractivity contribution >= 4 is 54.4 Å². The topological polar surface area (TPSA) is 561 Å². The normalized spacial score (nSPS) is 24.5. The van der Waals surface area contributed by atoms with E-state index < -0.39 is 130 Å². The monoisotopic (exact) mass is 1720 g/mol. The highest BCUT2D eigenvalue weighted by molar-refractivity contribution is 7.61. The molecule has 6 amide bonds. The maximum Gasteiger partial charge on any atom is 0.222 e. The predicted molar refractivity (Wildman–Crippen MR) is 429 cm³/mol. The zero-order valence-corrected chi connectivity index (χ0v) is 70.9. The first kappa shape index (κ1) is 108. The fraction of sp³-hybridized carbons (Fsp3) is 0.887. The zero-order valence-electron chi connectivity index (χ0n) is 70.0. The molecule has 0 aromatic heterocycles. The van der Waals surface area contributed by atoms with E-state index in [1.807, 2.05) is 20.8 Å². The van der Waals surface area contributed by atoms with Gasteiger partial charge in [0.05, 0.1) is 73.4 Å². The Kier molecular flexibility index (Phi) is 57.1. The number of hydrogen-bond acceptors (Lipinski definition) is 31. The number of carbonyl (C=O) groups is 8. The van der Waals surface area contributed by atoms with E-state index >= 15 is 0 Å². The minimum Gasteiger partial charge on any atom is -0.394 e. The quantitative estimate of drug-likeness (QED) is 0.0228. The van der Waals surface area contributed by atoms with E-state index in [1.165, 1.54) is 0 Å². The third-order valence-electron chi connectivity index (χ3n) is 20.5. The van der Waals surface area contributed by atoms with Crippen molar-refractivity contribution in [2.45, 2.75) is 335 Å². The number of hydrogen-bond donors (Lipinski definition) is 18. The Bertz CT molecular complexity index is 2600. The molecule has 118 heavy (non-hydrogen) atoms. The summed E-state index contributed by atoms with van der Waals surface area (Å²) in [6, 6.07) is 0. The summed E-state index contributed by atoms with van der Waals surface area (Å²) in [6.45, 7) is 8.46. The lowest BCUT2D eigenvalue weighted by Gasteiger charge is -2.39. The first-order chi connectivity index (χ1) is 56.4. The number of amides is 6. The van der Waals surface area contributed by atoms with Gasteiger partial charge in [0, 0.05) is 122 Å². The number of nitrogens with one attached hydrogen (secondary N) is 6. The summed E-state index contributed by atoms with van der Waals surface area (Å²) in [6.07, 6.45) is -3.43. The average Bonchev–Trinajstić information content (AvgIpc) is 0.729. The van der Waals surface area contributed by atoms with E-state index in [4.69, 9.17) is 47.2 Å². The number of rotatable bonds is 70. The lowest BCUT2D eigenvalue weighted by Crippen LogP contribution is -2.59. The highest BCUT2D eigenvalue weighted by Crippen LogP contribution is 2.57. The van der Waals surface area contributed by atoms with Crippen LogP contribution in [0.3, 0.4) is 0 Å². The molecule has 0 aromatic carbocycles. The Morgan fingerprint density at radius 1 is 0.322 bits per heavy atom. The number of unbranched alkanes of at least 4 members (excludes halogenated alkanes) is 15. The SMILES string of the molecule is [CH2-]P(=O)(OCCCCCCCC(=O)CCCCCCCCCCC(=O)NC(COCCC(=O)NCCCCC(=O)CCCCO[C@H]1OC(CO)[C@@H](O)C(O)[C@H]1O)(COCCC(=O)NCCCNC(=O)CCCCO[C@H]1OC(CO)[C@@H](O)C(O)[C@H]1O)COCCC(=O)NCCCNC(=O)CCCCO[C@H]1OC(CO)[C@@H](O)C(O)[C@H]1O)C(C)(C)C. The summed E-state index contributed by atoms with van der Waals surface area (Å²) in [5.74, 6) is -1.61. The molecule has 3 heterocycles. The molecular formula is C80H146N6O31P-. The number of ether oxygens (including phenoxy) is 9. The molecule has 3 aliphatic rings. The molecule has 3 fully saturated rings. The van der Waals surface area contributed by atoms with Gasteiger partial charge in [-0.1, -0.05) is 78.6 Å². The van der Waals surface area contributed by atoms with Gasteiger partial charge < -0.3 is 145 Å². The summed E-state index contributed by atoms with van der Waals surface area (Å²) in [5, 5.41) is 135. The van der Waals surface area contributed by atoms with Crippen LogP contribution in [0.4, 0.5) is 0 Å². The van der Waals surface area contributed by atoms with Gasteiger partial charge in [-0.05, 0) is 89.9 Å². The molecule has 3 saturated heterocycles. The van der Waals surface area contributed by atoms with E-state index in [1.54, 1.807) is 0 Å². The molecule has 0 saturated carbocycles. The standard InChI is InChI=1S/C80H146N6O31P/c1-79(2,3)118(4,107)114-46-22-13-9-11-15-29-56(90)28-14-10-7-5-6-8-12-16-34-66(97)86-80(53-108-47-35-63(94)81-38-21-17-30-57(91)31-18-23-43-111-76-73(104)70(101)67(98)58(50-87)115-76,54-109-48-36-64(95)84-41-26-39-82-61(92)32-19-24-44-112-77-74(105)71(102)68(99)59(51-88)116-77)55-110-49-37-65(96)85-42-27-40-83-62(93)33-20-25-45-113-78-75(106)72(103)69(100)60(52-89)117-78/h58-60,67-78,87-89,98-106H,4-55H2,1-3H3,(H,81,94)(H,82,92)(H,83,93)(H,84,95)(H,85,96)(H,86,97)/q-1/t58?,59?,60?,67-,68-,69-,70?,71?,72?,73-,74-,75-,76+,77+,78+,80?,118?/m1/s1. The van der Waals surface area contributed by atoms with Gasteiger partial charge in [-0.15, -0.1) is 0 Å². The number of aliphatic hydroxyl groups is 12. The van der Waals surface area contributed by atoms with Gasteiger partial charge in [-0.3, -0.25) is 45.0 Å². The first-order valence-electron chi connectivity index (χ1n) is 42.7. The molecule has 0 aromatic rings. The van der Waals surface area contributed by atoms with Crippen molar-refractivity contribution in [2.75, 3.05) is 119 Å². The summed E-state index contributed by atoms with van der Waals surface area (Å²) >= 11 is 0. The number of ketones is 2. The molecule has 7 unspecified atom stereocenters. The largest absolute Gasteiger partial charge is 0.394 e. The van der Waals surface area contributed by atoms with Crippen LogP contribution < -0.4 is 31.9 Å². The second-order valence-corrected chi connectivity index (χ2v) is 34.8. The summed E-state index contributed by atoms with van der Waals surface area (Å²) in [7, 11) is -2.92. The van der Waals surface area contributed by atoms with Crippen molar-refractivity contribution < 1.29 is 151 Å². The molecule has 3 aliphatic heterocycles. The summed E-state index contributed by atoms with van der Waals surface area (Å²) < 4.78 is 69.1. The van der Waals surface area contributed by atoms with Crippen LogP contribution in [0.25, 0.3) is 0 Å². The number of Topliss-reactive ketones (excluding diaryl/α,β-unsaturated/α-hetero) is 2. The van der Waals surface area contributed by atoms with Gasteiger partial charge in [-0.2, -0.15) is 0 Å². The van der Waals surface area contributed by atoms with Crippen molar-refractivity contribution in [3.05, 3.63) is 6.66 Å². The van der Waals surface area contributed by atoms with Crippen LogP contribution in [-0.2, 0) is 90.1 Å². The molecule has 688 valence electrons. The second-order valence-electron chi connectivity index (χ2n) is 31.8. The summed E-state index contributed by atoms with van der Waals surface area (Å²) in [5.41, 5.74) is -1.40. The van der Waals surface area contributed by atoms with E-state index in [2.05, 4.69) is 38.6 Å². The van der Waals surface area contributed by atoms with Crippen LogP contribution in [0, 0.1) is 6.66 Å². The Balaban J connectivity index is 1.54. The molecule has 0 bridgehead atoms. The Morgan fingerprint density at radius 2 is 0.585 bits per heavy atom. The van der Waals surface area contributed by atoms with E-state index in [-0.39, 0.29) is 191 Å². The third-order valence-corrected chi connectivity index (χ3v) is 23.2. The van der Waals surface area contributed by atoms with Gasteiger partial charge in [-0.25, -0.2) is 0 Å². The van der Waals surface area contributed by atoms with Crippen LogP contribution in [0.5, 0.6) is 0 Å². The molecule has 37 nitrogen and oxygen atoms in total. The maximum atomic E-state index is 14.0. The molecule has 38 heteroatoms. The fourth-order valence-electron chi connectivity index (χ4n) is 12.8. The second kappa shape index (κ2) is 62.6. The number of carbonyl (C=O) groups excluding carboxylic acids is 8. The highest BCUT2D eigenvalue weighted by Gasteiger charge is 2.47. The highest BCUT2D eigenvalue weighted by atomic mass is 31.2. The molecular weight excluding hydrogens is 1570 g/mol. The third kappa shape index (κ3) is 45.8. The molecule has 3 rings (SSSR count). The Hall–Kier alpha value is -4.49. The number of aliphatic hydroxyl groups excluding tert-OH is 12. The van der Waals surface area contributed by atoms with Crippen LogP contribution in [0.1, 0.15) is 233 Å². The van der Waals surface area contributed by atoms with Crippen LogP contribution in [-0.4, -0.2) is 330 Å². The summed E-state index contributed by atoms with van der Waals surface area (Å²) in [4.78, 5) is 104. The lowest BCUT2D eigenvalue weighted by atomic mass is 9.99. The minimum atomic E-state index is -2.92. The van der Waals surface area contributed by atoms with Crippen molar-refractivity contribution in [2.24, 2.45) is 0 Å². The minimum absolute atomic E-state index is 0.00430. The molecule has 0 spiro atoms. The first-order valence-corrected chi connectivity index (χ1v) is 44.5. The zero-order chi connectivity index (χ0) is 87.2. The van der Waals surface area contributed by atoms with Crippen LogP contribution >= 0.6 is 7.37 Å². The van der Waals surface area contributed by atoms with Crippen LogP contribution in [0.15, 0.2) is 0 Å². The van der Waals surface area contributed by atoms with Gasteiger partial charge >= 0.3 is 0 Å². The predicted octanol–water partition coefficient (Wildman–Crippen LogP) is 0.818. The average molecular weight is 1720 g/mol. The van der Waals surface area contributed by atoms with Crippen molar-refractivity contribution in [3.8, 4) is 0 Å². The molecule has 16 atom stereocenters. The van der Waals surface area contributed by atoms with E-state index in [0.717, 1.165) is 77.0 Å². The van der Waals surface area contributed by atoms with Crippen molar-refractivity contribution in [1.29, 1.82) is 0 Å². The maximum absolute atomic E-state index is 14.0. The van der Waals surface area contributed by atoms with Gasteiger partial charge in [0.2, 0.25) is 35.4 Å². The Labute approximate surface area is 695 Å². The van der Waals surface area contributed by atoms with Gasteiger partial charge in [0.15, 0.2) is 18.9 Å². The Morgan fingerprint density at radius 3 is 0.915 bits per heavy atom. The fourth-order valence-corrected chi connectivity index (χ4v) is 13.6. The van der Waals surface area contributed by atoms with Crippen molar-refractivity contribution in [1.82, 2.24) is 31.9 Å². The van der Waals surface area contributed by atoms with Gasteiger partial charge in [0.1, 0.15) is 90.4 Å². The molecule has 18 N–H and O–H groups in total.